The van der Waals surface area contributed by atoms with E-state index >= 15 is 0 Å². The lowest BCUT2D eigenvalue weighted by Gasteiger charge is -2.23. The van der Waals surface area contributed by atoms with Crippen LogP contribution >= 0.6 is 11.3 Å². The fourth-order valence-electron chi connectivity index (χ4n) is 2.77. The van der Waals surface area contributed by atoms with Gasteiger partial charge in [0.15, 0.2) is 5.82 Å². The van der Waals surface area contributed by atoms with E-state index < -0.39 is 0 Å². The van der Waals surface area contributed by atoms with Crippen molar-refractivity contribution >= 4 is 16.3 Å². The predicted molar refractivity (Wildman–Crippen MR) is 74.6 cm³/mol. The molecule has 0 bridgehead atoms. The van der Waals surface area contributed by atoms with Crippen molar-refractivity contribution in [1.82, 2.24) is 14.8 Å². The van der Waals surface area contributed by atoms with E-state index in [1.807, 2.05) is 6.33 Å². The maximum absolute atomic E-state index is 6.07. The quantitative estimate of drug-likeness (QED) is 0.902. The monoisotopic (exact) mass is 262 g/mol. The van der Waals surface area contributed by atoms with Gasteiger partial charge in [-0.2, -0.15) is 0 Å². The number of hydrogen-bond donors (Lipinski definition) is 1. The number of aryl methyl sites for hydroxylation is 1. The Labute approximate surface area is 111 Å². The minimum absolute atomic E-state index is 0.545. The van der Waals surface area contributed by atoms with E-state index in [4.69, 9.17) is 5.73 Å². The fraction of sp³-hybridized carbons (Fsp3) is 0.538. The molecule has 0 atom stereocenters. The van der Waals surface area contributed by atoms with Gasteiger partial charge in [-0.1, -0.05) is 19.3 Å². The van der Waals surface area contributed by atoms with E-state index in [0.29, 0.717) is 6.04 Å². The number of hydrogen-bond acceptors (Lipinski definition) is 4. The van der Waals surface area contributed by atoms with Crippen molar-refractivity contribution in [2.45, 2.75) is 45.1 Å². The zero-order valence-electron chi connectivity index (χ0n) is 10.6. The standard InChI is InChI=1S/C13H18N4S/c1-9-7-11(12(14)18-9)13-16-15-8-17(13)10-5-3-2-4-6-10/h7-8,10H,2-6,14H2,1H3. The molecule has 2 aromatic rings. The van der Waals surface area contributed by atoms with Crippen LogP contribution in [-0.2, 0) is 0 Å². The maximum atomic E-state index is 6.07. The molecule has 3 rings (SSSR count). The fourth-order valence-corrected chi connectivity index (χ4v) is 3.55. The molecule has 96 valence electrons. The molecule has 1 aliphatic carbocycles. The first kappa shape index (κ1) is 11.7. The molecular weight excluding hydrogens is 244 g/mol. The van der Waals surface area contributed by atoms with E-state index in [1.54, 1.807) is 11.3 Å². The van der Waals surface area contributed by atoms with E-state index in [9.17, 15) is 0 Å². The summed E-state index contributed by atoms with van der Waals surface area (Å²) in [6.07, 6.45) is 8.29. The van der Waals surface area contributed by atoms with Crippen molar-refractivity contribution in [3.63, 3.8) is 0 Å². The van der Waals surface area contributed by atoms with Crippen LogP contribution in [0.25, 0.3) is 11.4 Å². The molecule has 4 nitrogen and oxygen atoms in total. The van der Waals surface area contributed by atoms with Crippen molar-refractivity contribution in [2.24, 2.45) is 0 Å². The van der Waals surface area contributed by atoms with Gasteiger partial charge in [-0.25, -0.2) is 0 Å². The van der Waals surface area contributed by atoms with E-state index in [1.165, 1.54) is 37.0 Å². The summed E-state index contributed by atoms with van der Waals surface area (Å²) in [4.78, 5) is 1.22. The van der Waals surface area contributed by atoms with Crippen molar-refractivity contribution in [1.29, 1.82) is 0 Å². The third-order valence-electron chi connectivity index (χ3n) is 3.67. The predicted octanol–water partition coefficient (Wildman–Crippen LogP) is 3.40. The van der Waals surface area contributed by atoms with Gasteiger partial charge in [-0.3, -0.25) is 0 Å². The Hall–Kier alpha value is -1.36. The van der Waals surface area contributed by atoms with Crippen molar-refractivity contribution in [3.8, 4) is 11.4 Å². The SMILES string of the molecule is Cc1cc(-c2nncn2C2CCCCC2)c(N)s1. The second-order valence-electron chi connectivity index (χ2n) is 4.99. The normalized spacial score (nSPS) is 17.2. The van der Waals surface area contributed by atoms with Gasteiger partial charge in [0, 0.05) is 10.9 Å². The first-order chi connectivity index (χ1) is 8.75. The highest BCUT2D eigenvalue weighted by Gasteiger charge is 2.21. The minimum Gasteiger partial charge on any atom is -0.390 e. The van der Waals surface area contributed by atoms with E-state index in [-0.39, 0.29) is 0 Å². The molecule has 0 amide bonds. The molecule has 1 aliphatic rings. The number of rotatable bonds is 2. The van der Waals surface area contributed by atoms with Gasteiger partial charge in [-0.15, -0.1) is 21.5 Å². The van der Waals surface area contributed by atoms with Gasteiger partial charge in [0.05, 0.1) is 10.6 Å². The first-order valence-corrected chi connectivity index (χ1v) is 7.33. The van der Waals surface area contributed by atoms with Gasteiger partial charge >= 0.3 is 0 Å². The minimum atomic E-state index is 0.545. The average molecular weight is 262 g/mol. The summed E-state index contributed by atoms with van der Waals surface area (Å²) in [7, 11) is 0. The molecule has 0 aliphatic heterocycles. The topological polar surface area (TPSA) is 56.7 Å². The summed E-state index contributed by atoms with van der Waals surface area (Å²) in [6.45, 7) is 2.08. The summed E-state index contributed by atoms with van der Waals surface area (Å²) >= 11 is 1.62. The van der Waals surface area contributed by atoms with Crippen LogP contribution in [-0.4, -0.2) is 14.8 Å². The van der Waals surface area contributed by atoms with Gasteiger partial charge in [0.1, 0.15) is 6.33 Å². The number of nitrogens with zero attached hydrogens (tertiary/aromatic N) is 3. The molecule has 0 spiro atoms. The van der Waals surface area contributed by atoms with Gasteiger partial charge < -0.3 is 10.3 Å². The molecule has 0 aromatic carbocycles. The average Bonchev–Trinajstić information content (AvgIpc) is 2.96. The molecule has 2 N–H and O–H groups in total. The third-order valence-corrected chi connectivity index (χ3v) is 4.55. The highest BCUT2D eigenvalue weighted by atomic mass is 32.1. The second kappa shape index (κ2) is 4.72. The highest BCUT2D eigenvalue weighted by molar-refractivity contribution is 7.16. The number of aromatic nitrogens is 3. The van der Waals surface area contributed by atoms with Crippen LogP contribution in [0.2, 0.25) is 0 Å². The first-order valence-electron chi connectivity index (χ1n) is 6.51. The Morgan fingerprint density at radius 3 is 2.78 bits per heavy atom. The Bertz CT molecular complexity index is 537. The molecule has 2 heterocycles. The number of anilines is 1. The molecule has 2 aromatic heterocycles. The molecule has 18 heavy (non-hydrogen) atoms. The second-order valence-corrected chi connectivity index (χ2v) is 6.28. The van der Waals surface area contributed by atoms with Crippen molar-refractivity contribution < 1.29 is 0 Å². The molecular formula is C13H18N4S. The van der Waals surface area contributed by atoms with Gasteiger partial charge in [0.25, 0.3) is 0 Å². The molecule has 5 heteroatoms. The summed E-state index contributed by atoms with van der Waals surface area (Å²) in [5.74, 6) is 0.934. The summed E-state index contributed by atoms with van der Waals surface area (Å²) in [5.41, 5.74) is 7.11. The van der Waals surface area contributed by atoms with Crippen molar-refractivity contribution in [2.75, 3.05) is 5.73 Å². The Morgan fingerprint density at radius 2 is 2.11 bits per heavy atom. The van der Waals surface area contributed by atoms with Crippen LogP contribution in [0.3, 0.4) is 0 Å². The lowest BCUT2D eigenvalue weighted by atomic mass is 9.95. The molecule has 1 saturated carbocycles. The van der Waals surface area contributed by atoms with Gasteiger partial charge in [0.2, 0.25) is 0 Å². The molecule has 0 radical (unpaired) electrons. The lowest BCUT2D eigenvalue weighted by Crippen LogP contribution is -2.13. The van der Waals surface area contributed by atoms with Crippen molar-refractivity contribution in [3.05, 3.63) is 17.3 Å². The molecule has 1 fully saturated rings. The molecule has 0 unspecified atom stereocenters. The summed E-state index contributed by atoms with van der Waals surface area (Å²) in [6, 6.07) is 2.66. The van der Waals surface area contributed by atoms with Crippen LogP contribution in [0.5, 0.6) is 0 Å². The van der Waals surface area contributed by atoms with Gasteiger partial charge in [-0.05, 0) is 25.8 Å². The van der Waals surface area contributed by atoms with Crippen LogP contribution in [0, 0.1) is 6.92 Å². The Morgan fingerprint density at radius 1 is 1.33 bits per heavy atom. The lowest BCUT2D eigenvalue weighted by molar-refractivity contribution is 0.355. The van der Waals surface area contributed by atoms with Crippen LogP contribution in [0.4, 0.5) is 5.00 Å². The maximum Gasteiger partial charge on any atom is 0.166 e. The number of nitrogens with two attached hydrogens (primary N) is 1. The van der Waals surface area contributed by atoms with Crippen LogP contribution < -0.4 is 5.73 Å². The Kier molecular flexibility index (Phi) is 3.07. The highest BCUT2D eigenvalue weighted by Crippen LogP contribution is 2.36. The summed E-state index contributed by atoms with van der Waals surface area (Å²) < 4.78 is 2.22. The zero-order valence-corrected chi connectivity index (χ0v) is 11.4. The van der Waals surface area contributed by atoms with E-state index in [0.717, 1.165) is 16.4 Å². The summed E-state index contributed by atoms with van der Waals surface area (Å²) in [5, 5.41) is 9.21. The van der Waals surface area contributed by atoms with Crippen LogP contribution in [0.1, 0.15) is 43.0 Å². The smallest absolute Gasteiger partial charge is 0.166 e. The molecule has 0 saturated heterocycles. The Balaban J connectivity index is 1.98. The largest absolute Gasteiger partial charge is 0.390 e. The van der Waals surface area contributed by atoms with Crippen LogP contribution in [0.15, 0.2) is 12.4 Å². The third kappa shape index (κ3) is 2.03. The number of thiophene rings is 1. The zero-order chi connectivity index (χ0) is 12.5. The van der Waals surface area contributed by atoms with E-state index in [2.05, 4.69) is 27.8 Å². The number of nitrogen functional groups attached to an aromatic ring is 1.